The van der Waals surface area contributed by atoms with Gasteiger partial charge in [0.15, 0.2) is 5.76 Å². The van der Waals surface area contributed by atoms with E-state index in [0.29, 0.717) is 38.6 Å². The molecule has 0 spiro atoms. The number of rotatable bonds is 6. The molecule has 3 heterocycles. The van der Waals surface area contributed by atoms with Gasteiger partial charge in [-0.15, -0.1) is 0 Å². The number of nitrogens with one attached hydrogen (secondary N) is 1. The van der Waals surface area contributed by atoms with Gasteiger partial charge in [0.25, 0.3) is 5.91 Å². The molecule has 3 rings (SSSR count). The van der Waals surface area contributed by atoms with E-state index in [1.54, 1.807) is 29.6 Å². The van der Waals surface area contributed by atoms with Gasteiger partial charge in [-0.2, -0.15) is 0 Å². The van der Waals surface area contributed by atoms with E-state index in [1.165, 1.54) is 0 Å². The normalized spacial score (nSPS) is 17.5. The molecule has 0 radical (unpaired) electrons. The molecule has 2 amide bonds. The summed E-state index contributed by atoms with van der Waals surface area (Å²) in [5.74, 6) is 0.651. The second-order valence-corrected chi connectivity index (χ2v) is 5.89. The van der Waals surface area contributed by atoms with Crippen LogP contribution >= 0.6 is 0 Å². The van der Waals surface area contributed by atoms with E-state index in [9.17, 15) is 9.59 Å². The van der Waals surface area contributed by atoms with Crippen molar-refractivity contribution in [1.29, 1.82) is 0 Å². The number of carbonyl (C=O) groups is 2. The molecule has 0 aliphatic carbocycles. The summed E-state index contributed by atoms with van der Waals surface area (Å²) in [6.45, 7) is 4.20. The molecule has 0 aromatic carbocycles. The second-order valence-electron chi connectivity index (χ2n) is 5.89. The summed E-state index contributed by atoms with van der Waals surface area (Å²) in [7, 11) is 0. The molecule has 25 heavy (non-hydrogen) atoms. The van der Waals surface area contributed by atoms with Crippen LogP contribution in [0.4, 0.5) is 0 Å². The molecule has 0 saturated carbocycles. The van der Waals surface area contributed by atoms with Crippen LogP contribution in [-0.4, -0.2) is 58.6 Å². The van der Waals surface area contributed by atoms with Crippen LogP contribution in [0, 0.1) is 0 Å². The monoisotopic (exact) mass is 346 g/mol. The molecule has 1 atom stereocenters. The molecule has 1 fully saturated rings. The van der Waals surface area contributed by atoms with Gasteiger partial charge in [-0.1, -0.05) is 0 Å². The molecule has 1 aliphatic rings. The molecule has 2 aromatic heterocycles. The fourth-order valence-corrected chi connectivity index (χ4v) is 2.85. The Morgan fingerprint density at radius 1 is 1.40 bits per heavy atom. The molecular formula is C17H22N4O4. The largest absolute Gasteiger partial charge is 0.454 e. The average molecular weight is 346 g/mol. The van der Waals surface area contributed by atoms with Crippen molar-refractivity contribution in [2.24, 2.45) is 0 Å². The van der Waals surface area contributed by atoms with Gasteiger partial charge in [0.05, 0.1) is 32.1 Å². The summed E-state index contributed by atoms with van der Waals surface area (Å²) in [4.78, 5) is 30.3. The molecule has 0 bridgehead atoms. The highest BCUT2D eigenvalue weighted by atomic mass is 16.5. The van der Waals surface area contributed by atoms with E-state index >= 15 is 0 Å². The zero-order chi connectivity index (χ0) is 17.6. The Hall–Kier alpha value is -2.61. The van der Waals surface area contributed by atoms with Gasteiger partial charge >= 0.3 is 0 Å². The van der Waals surface area contributed by atoms with Crippen molar-refractivity contribution < 1.29 is 18.7 Å². The van der Waals surface area contributed by atoms with E-state index in [0.717, 1.165) is 0 Å². The average Bonchev–Trinajstić information content (AvgIpc) is 3.27. The summed E-state index contributed by atoms with van der Waals surface area (Å²) in [6, 6.07) is 3.18. The first-order valence-corrected chi connectivity index (χ1v) is 8.37. The van der Waals surface area contributed by atoms with Crippen LogP contribution in [0.5, 0.6) is 0 Å². The van der Waals surface area contributed by atoms with Crippen LogP contribution in [-0.2, 0) is 16.1 Å². The quantitative estimate of drug-likeness (QED) is 0.839. The Morgan fingerprint density at radius 3 is 3.04 bits per heavy atom. The van der Waals surface area contributed by atoms with Gasteiger partial charge in [0.2, 0.25) is 5.91 Å². The van der Waals surface area contributed by atoms with Crippen molar-refractivity contribution in [2.45, 2.75) is 25.9 Å². The predicted octanol–water partition coefficient (Wildman–Crippen LogP) is 0.892. The fraction of sp³-hybridized carbons (Fsp3) is 0.471. The lowest BCUT2D eigenvalue weighted by atomic mass is 10.1. The Bertz CT molecular complexity index is 710. The third-order valence-electron chi connectivity index (χ3n) is 4.05. The molecule has 2 aromatic rings. The maximum atomic E-state index is 12.8. The minimum Gasteiger partial charge on any atom is -0.454 e. The third kappa shape index (κ3) is 4.27. The predicted molar refractivity (Wildman–Crippen MR) is 89.0 cm³/mol. The van der Waals surface area contributed by atoms with Gasteiger partial charge in [0, 0.05) is 31.9 Å². The number of hydrogen-bond donors (Lipinski definition) is 1. The summed E-state index contributed by atoms with van der Waals surface area (Å²) >= 11 is 0. The van der Waals surface area contributed by atoms with Gasteiger partial charge in [-0.25, -0.2) is 4.98 Å². The summed E-state index contributed by atoms with van der Waals surface area (Å²) in [5, 5.41) is 2.76. The number of imidazole rings is 1. The Labute approximate surface area is 145 Å². The highest BCUT2D eigenvalue weighted by Gasteiger charge is 2.31. The molecule has 8 heteroatoms. The van der Waals surface area contributed by atoms with Crippen LogP contribution < -0.4 is 5.32 Å². The van der Waals surface area contributed by atoms with Crippen LogP contribution in [0.2, 0.25) is 0 Å². The Morgan fingerprint density at radius 2 is 2.28 bits per heavy atom. The van der Waals surface area contributed by atoms with Crippen molar-refractivity contribution >= 4 is 11.8 Å². The SMILES string of the molecule is CCNC(=O)CC1COCCN1C(=O)c1ccc(Cn2ccnc2)o1. The van der Waals surface area contributed by atoms with E-state index in [4.69, 9.17) is 9.15 Å². The van der Waals surface area contributed by atoms with Crippen LogP contribution in [0.3, 0.4) is 0 Å². The van der Waals surface area contributed by atoms with Gasteiger partial charge in [-0.05, 0) is 19.1 Å². The van der Waals surface area contributed by atoms with Crippen LogP contribution in [0.1, 0.15) is 29.7 Å². The van der Waals surface area contributed by atoms with Crippen molar-refractivity contribution in [2.75, 3.05) is 26.3 Å². The number of carbonyl (C=O) groups excluding carboxylic acids is 2. The number of morpholine rings is 1. The first-order chi connectivity index (χ1) is 12.2. The first kappa shape index (κ1) is 17.2. The molecule has 1 aliphatic heterocycles. The number of hydrogen-bond acceptors (Lipinski definition) is 5. The van der Waals surface area contributed by atoms with Gasteiger partial charge in [0.1, 0.15) is 5.76 Å². The summed E-state index contributed by atoms with van der Waals surface area (Å²) in [6.07, 6.45) is 5.43. The molecule has 1 unspecified atom stereocenters. The molecule has 8 nitrogen and oxygen atoms in total. The van der Waals surface area contributed by atoms with Crippen molar-refractivity contribution in [3.8, 4) is 0 Å². The highest BCUT2D eigenvalue weighted by Crippen LogP contribution is 2.17. The lowest BCUT2D eigenvalue weighted by Gasteiger charge is -2.34. The zero-order valence-electron chi connectivity index (χ0n) is 14.2. The second kappa shape index (κ2) is 7.98. The van der Waals surface area contributed by atoms with E-state index in [1.807, 2.05) is 17.7 Å². The third-order valence-corrected chi connectivity index (χ3v) is 4.05. The summed E-state index contributed by atoms with van der Waals surface area (Å²) < 4.78 is 13.0. The number of amides is 2. The topological polar surface area (TPSA) is 89.6 Å². The summed E-state index contributed by atoms with van der Waals surface area (Å²) in [5.41, 5.74) is 0. The van der Waals surface area contributed by atoms with E-state index < -0.39 is 0 Å². The standard InChI is InChI=1S/C17H22N4O4/c1-2-19-16(22)9-13-11-24-8-7-21(13)17(23)15-4-3-14(25-15)10-20-6-5-18-12-20/h3-6,12-13H,2,7-11H2,1H3,(H,19,22). The lowest BCUT2D eigenvalue weighted by molar-refractivity contribution is -0.123. The lowest BCUT2D eigenvalue weighted by Crippen LogP contribution is -2.50. The van der Waals surface area contributed by atoms with Crippen molar-refractivity contribution in [3.63, 3.8) is 0 Å². The maximum absolute atomic E-state index is 12.8. The first-order valence-electron chi connectivity index (χ1n) is 8.37. The number of nitrogens with zero attached hydrogens (tertiary/aromatic N) is 3. The number of furan rings is 1. The van der Waals surface area contributed by atoms with E-state index in [2.05, 4.69) is 10.3 Å². The van der Waals surface area contributed by atoms with Crippen LogP contribution in [0.25, 0.3) is 0 Å². The smallest absolute Gasteiger partial charge is 0.289 e. The molecule has 1 saturated heterocycles. The Kier molecular flexibility index (Phi) is 5.49. The minimum absolute atomic E-state index is 0.0870. The molecule has 134 valence electrons. The van der Waals surface area contributed by atoms with Gasteiger partial charge in [-0.3, -0.25) is 9.59 Å². The Balaban J connectivity index is 1.67. The minimum atomic E-state index is -0.282. The molecular weight excluding hydrogens is 324 g/mol. The highest BCUT2D eigenvalue weighted by molar-refractivity contribution is 5.92. The molecule has 1 N–H and O–H groups in total. The zero-order valence-corrected chi connectivity index (χ0v) is 14.2. The van der Waals surface area contributed by atoms with Crippen molar-refractivity contribution in [1.82, 2.24) is 19.8 Å². The maximum Gasteiger partial charge on any atom is 0.289 e. The van der Waals surface area contributed by atoms with E-state index in [-0.39, 0.29) is 30.0 Å². The van der Waals surface area contributed by atoms with Crippen LogP contribution in [0.15, 0.2) is 35.3 Å². The van der Waals surface area contributed by atoms with Gasteiger partial charge < -0.3 is 23.9 Å². The number of ether oxygens (including phenoxy) is 1. The van der Waals surface area contributed by atoms with Crippen molar-refractivity contribution in [3.05, 3.63) is 42.4 Å². The number of aromatic nitrogens is 2. The fourth-order valence-electron chi connectivity index (χ4n) is 2.85.